The van der Waals surface area contributed by atoms with Gasteiger partial charge >= 0.3 is 0 Å². The molecule has 6 nitrogen and oxygen atoms in total. The molecule has 0 bridgehead atoms. The number of primary amides is 2. The zero-order valence-corrected chi connectivity index (χ0v) is 9.03. The summed E-state index contributed by atoms with van der Waals surface area (Å²) in [6.07, 6.45) is 0.970. The van der Waals surface area contributed by atoms with E-state index in [0.717, 1.165) is 0 Å². The van der Waals surface area contributed by atoms with Crippen LogP contribution in [0, 0.1) is 0 Å². The Kier molecular flexibility index (Phi) is 6.74. The van der Waals surface area contributed by atoms with Crippen LogP contribution in [0.15, 0.2) is 0 Å². The molecule has 6 heteroatoms. The van der Waals surface area contributed by atoms with Crippen molar-refractivity contribution in [2.24, 2.45) is 11.5 Å². The van der Waals surface area contributed by atoms with Crippen molar-refractivity contribution in [3.63, 3.8) is 0 Å². The summed E-state index contributed by atoms with van der Waals surface area (Å²) < 4.78 is 0. The highest BCUT2D eigenvalue weighted by Gasteiger charge is 2.08. The lowest BCUT2D eigenvalue weighted by molar-refractivity contribution is -0.128. The first-order chi connectivity index (χ1) is 7.41. The van der Waals surface area contributed by atoms with Gasteiger partial charge in [0.1, 0.15) is 11.6 Å². The molecule has 0 aliphatic carbocycles. The van der Waals surface area contributed by atoms with Crippen molar-refractivity contribution in [3.05, 3.63) is 0 Å². The van der Waals surface area contributed by atoms with Gasteiger partial charge in [-0.05, 0) is 12.8 Å². The highest BCUT2D eigenvalue weighted by atomic mass is 16.2. The molecule has 0 atom stereocenters. The van der Waals surface area contributed by atoms with E-state index in [1.54, 1.807) is 0 Å². The maximum atomic E-state index is 11.0. The summed E-state index contributed by atoms with van der Waals surface area (Å²) in [7, 11) is 0. The molecule has 2 amide bonds. The van der Waals surface area contributed by atoms with Gasteiger partial charge < -0.3 is 11.5 Å². The number of Topliss-reactive ketones (excluding diaryl/α,β-unsaturated/α-hetero) is 2. The smallest absolute Gasteiger partial charge is 0.224 e. The maximum Gasteiger partial charge on any atom is 0.224 e. The molecule has 0 unspecified atom stereocenters. The molecule has 0 fully saturated rings. The monoisotopic (exact) mass is 228 g/mol. The molecule has 0 radical (unpaired) electrons. The highest BCUT2D eigenvalue weighted by Crippen LogP contribution is 2.04. The second kappa shape index (κ2) is 7.56. The minimum Gasteiger partial charge on any atom is -0.369 e. The molecule has 0 saturated heterocycles. The van der Waals surface area contributed by atoms with Crippen LogP contribution in [0.25, 0.3) is 0 Å². The van der Waals surface area contributed by atoms with E-state index < -0.39 is 11.8 Å². The van der Waals surface area contributed by atoms with Crippen LogP contribution < -0.4 is 11.5 Å². The van der Waals surface area contributed by atoms with Crippen LogP contribution in [0.3, 0.4) is 0 Å². The molecule has 0 rings (SSSR count). The minimum absolute atomic E-state index is 0.227. The lowest BCUT2D eigenvalue weighted by atomic mass is 10.1. The fraction of sp³-hybridized carbons (Fsp3) is 0.600. The fourth-order valence-corrected chi connectivity index (χ4v) is 1.21. The van der Waals surface area contributed by atoms with Crippen molar-refractivity contribution >= 4 is 23.4 Å². The van der Waals surface area contributed by atoms with Gasteiger partial charge in [0, 0.05) is 12.8 Å². The van der Waals surface area contributed by atoms with Crippen molar-refractivity contribution in [1.29, 1.82) is 0 Å². The molecule has 0 saturated carbocycles. The Morgan fingerprint density at radius 2 is 1.00 bits per heavy atom. The zero-order valence-electron chi connectivity index (χ0n) is 9.03. The third-order valence-corrected chi connectivity index (χ3v) is 1.90. The minimum atomic E-state index is -0.644. The van der Waals surface area contributed by atoms with Crippen LogP contribution in [0.2, 0.25) is 0 Å². The molecule has 0 aromatic carbocycles. The number of carbonyl (C=O) groups is 4. The molecule has 0 aromatic heterocycles. The van der Waals surface area contributed by atoms with Crippen molar-refractivity contribution in [1.82, 2.24) is 0 Å². The zero-order chi connectivity index (χ0) is 12.6. The number of ketones is 2. The van der Waals surface area contributed by atoms with Crippen molar-refractivity contribution in [3.8, 4) is 0 Å². The van der Waals surface area contributed by atoms with Crippen LogP contribution in [-0.4, -0.2) is 23.4 Å². The van der Waals surface area contributed by atoms with E-state index in [1.807, 2.05) is 0 Å². The van der Waals surface area contributed by atoms with E-state index in [0.29, 0.717) is 12.8 Å². The Morgan fingerprint density at radius 3 is 1.25 bits per heavy atom. The van der Waals surface area contributed by atoms with Crippen LogP contribution in [0.5, 0.6) is 0 Å². The molecule has 0 spiro atoms. The largest absolute Gasteiger partial charge is 0.369 e. The van der Waals surface area contributed by atoms with Gasteiger partial charge in [-0.3, -0.25) is 19.2 Å². The van der Waals surface area contributed by atoms with Gasteiger partial charge in [0.25, 0.3) is 0 Å². The Labute approximate surface area is 93.3 Å². The topological polar surface area (TPSA) is 120 Å². The predicted molar refractivity (Wildman–Crippen MR) is 56.1 cm³/mol. The summed E-state index contributed by atoms with van der Waals surface area (Å²) in [5.74, 6) is -1.74. The summed E-state index contributed by atoms with van der Waals surface area (Å²) in [5, 5.41) is 0. The quantitative estimate of drug-likeness (QED) is 0.405. The van der Waals surface area contributed by atoms with Crippen LogP contribution in [0.1, 0.15) is 38.5 Å². The van der Waals surface area contributed by atoms with Crippen molar-refractivity contribution in [2.75, 3.05) is 0 Å². The van der Waals surface area contributed by atoms with Crippen LogP contribution >= 0.6 is 0 Å². The van der Waals surface area contributed by atoms with E-state index in [1.165, 1.54) is 0 Å². The van der Waals surface area contributed by atoms with E-state index in [-0.39, 0.29) is 37.2 Å². The van der Waals surface area contributed by atoms with Gasteiger partial charge in [0.15, 0.2) is 0 Å². The number of carbonyl (C=O) groups excluding carboxylic acids is 4. The molecular weight excluding hydrogens is 212 g/mol. The molecule has 0 aliphatic rings. The van der Waals surface area contributed by atoms with Gasteiger partial charge in [-0.15, -0.1) is 0 Å². The first-order valence-corrected chi connectivity index (χ1v) is 5.02. The Balaban J connectivity index is 3.53. The standard InChI is InChI=1S/C10H16N2O4/c11-9(15)5-7(13)3-1-2-4-8(14)6-10(12)16/h1-6H2,(H2,11,15)(H2,12,16). The average molecular weight is 228 g/mol. The predicted octanol–water partition coefficient (Wildman–Crippen LogP) is -0.564. The lowest BCUT2D eigenvalue weighted by Crippen LogP contribution is -2.17. The number of hydrogen-bond acceptors (Lipinski definition) is 4. The highest BCUT2D eigenvalue weighted by molar-refractivity contribution is 5.98. The number of hydrogen-bond donors (Lipinski definition) is 2. The van der Waals surface area contributed by atoms with Crippen LogP contribution in [0.4, 0.5) is 0 Å². The number of amides is 2. The molecule has 4 N–H and O–H groups in total. The van der Waals surface area contributed by atoms with Crippen molar-refractivity contribution < 1.29 is 19.2 Å². The SMILES string of the molecule is NC(=O)CC(=O)CCCCC(=O)CC(N)=O. The summed E-state index contributed by atoms with van der Waals surface area (Å²) in [6.45, 7) is 0. The molecular formula is C10H16N2O4. The number of rotatable bonds is 9. The molecule has 90 valence electrons. The van der Waals surface area contributed by atoms with E-state index in [4.69, 9.17) is 11.5 Å². The van der Waals surface area contributed by atoms with Gasteiger partial charge in [0.05, 0.1) is 12.8 Å². The van der Waals surface area contributed by atoms with Gasteiger partial charge in [-0.1, -0.05) is 0 Å². The Morgan fingerprint density at radius 1 is 0.688 bits per heavy atom. The molecule has 0 heterocycles. The van der Waals surface area contributed by atoms with E-state index in [2.05, 4.69) is 0 Å². The average Bonchev–Trinajstić information content (AvgIpc) is 2.10. The first kappa shape index (κ1) is 14.3. The Hall–Kier alpha value is -1.72. The van der Waals surface area contributed by atoms with Gasteiger partial charge in [0.2, 0.25) is 11.8 Å². The number of unbranched alkanes of at least 4 members (excludes halogenated alkanes) is 1. The van der Waals surface area contributed by atoms with Crippen molar-refractivity contribution in [2.45, 2.75) is 38.5 Å². The summed E-state index contributed by atoms with van der Waals surface area (Å²) in [5.41, 5.74) is 9.67. The fourth-order valence-electron chi connectivity index (χ4n) is 1.21. The second-order valence-electron chi connectivity index (χ2n) is 3.57. The maximum absolute atomic E-state index is 11.0. The summed E-state index contributed by atoms with van der Waals surface area (Å²) >= 11 is 0. The van der Waals surface area contributed by atoms with E-state index >= 15 is 0 Å². The Bertz CT molecular complexity index is 269. The lowest BCUT2D eigenvalue weighted by Gasteiger charge is -1.99. The number of nitrogens with two attached hydrogens (primary N) is 2. The summed E-state index contributed by atoms with van der Waals surface area (Å²) in [4.78, 5) is 42.8. The van der Waals surface area contributed by atoms with E-state index in [9.17, 15) is 19.2 Å². The summed E-state index contributed by atoms with van der Waals surface area (Å²) in [6, 6.07) is 0. The molecule has 16 heavy (non-hydrogen) atoms. The van der Waals surface area contributed by atoms with Crippen LogP contribution in [-0.2, 0) is 19.2 Å². The van der Waals surface area contributed by atoms with Gasteiger partial charge in [-0.25, -0.2) is 0 Å². The third kappa shape index (κ3) is 8.86. The third-order valence-electron chi connectivity index (χ3n) is 1.90. The molecule has 0 aromatic rings. The first-order valence-electron chi connectivity index (χ1n) is 5.02. The molecule has 0 aliphatic heterocycles. The second-order valence-corrected chi connectivity index (χ2v) is 3.57. The van der Waals surface area contributed by atoms with Gasteiger partial charge in [-0.2, -0.15) is 0 Å². The normalized spacial score (nSPS) is 9.75.